The largest absolute Gasteiger partial charge is 0.444 e. The van der Waals surface area contributed by atoms with Crippen molar-refractivity contribution in [2.45, 2.75) is 26.3 Å². The molecular weight excluding hydrogens is 438 g/mol. The number of carbonyl (C=O) groups is 2. The molecule has 2 aromatic heterocycles. The minimum atomic E-state index is -0.359. The van der Waals surface area contributed by atoms with Crippen LogP contribution in [0.4, 0.5) is 11.5 Å². The number of carbonyl (C=O) groups excluding carboxylic acids is 2. The number of halogens is 1. The molecule has 8 nitrogen and oxygen atoms in total. The van der Waals surface area contributed by atoms with Crippen LogP contribution in [0.15, 0.2) is 51.6 Å². The van der Waals surface area contributed by atoms with E-state index < -0.39 is 0 Å². The zero-order chi connectivity index (χ0) is 20.8. The average Bonchev–Trinajstić information content (AvgIpc) is 3.27. The van der Waals surface area contributed by atoms with Crippen LogP contribution in [0.3, 0.4) is 0 Å². The molecule has 1 aromatic carbocycles. The Morgan fingerprint density at radius 3 is 2.62 bits per heavy atom. The molecule has 148 valence electrons. The van der Waals surface area contributed by atoms with Crippen LogP contribution in [0.25, 0.3) is 0 Å². The maximum Gasteiger partial charge on any atom is 0.291 e. The highest BCUT2D eigenvalue weighted by Crippen LogP contribution is 2.17. The van der Waals surface area contributed by atoms with Crippen LogP contribution in [-0.4, -0.2) is 21.6 Å². The first-order valence-electron chi connectivity index (χ1n) is 8.81. The number of aryl methyl sites for hydroxylation is 2. The maximum atomic E-state index is 12.4. The van der Waals surface area contributed by atoms with E-state index in [4.69, 9.17) is 9.68 Å². The van der Waals surface area contributed by atoms with Gasteiger partial charge in [0.15, 0.2) is 10.4 Å². The predicted molar refractivity (Wildman–Crippen MR) is 110 cm³/mol. The first kappa shape index (κ1) is 20.4. The van der Waals surface area contributed by atoms with Crippen molar-refractivity contribution in [1.29, 1.82) is 5.26 Å². The molecule has 0 saturated carbocycles. The number of anilines is 2. The van der Waals surface area contributed by atoms with Crippen molar-refractivity contribution in [2.24, 2.45) is 0 Å². The second-order valence-corrected chi connectivity index (χ2v) is 7.06. The van der Waals surface area contributed by atoms with Crippen molar-refractivity contribution in [3.05, 3.63) is 64.2 Å². The Hall–Kier alpha value is -3.38. The summed E-state index contributed by atoms with van der Waals surface area (Å²) in [5.74, 6) is 0.211. The lowest BCUT2D eigenvalue weighted by Crippen LogP contribution is -2.17. The summed E-state index contributed by atoms with van der Waals surface area (Å²) in [6, 6.07) is 14.0. The van der Waals surface area contributed by atoms with Crippen molar-refractivity contribution in [1.82, 2.24) is 9.78 Å². The molecule has 0 radical (unpaired) electrons. The molecular formula is C20H18BrN5O3. The Bertz CT molecular complexity index is 1060. The van der Waals surface area contributed by atoms with E-state index in [2.05, 4.69) is 37.7 Å². The van der Waals surface area contributed by atoms with Crippen LogP contribution < -0.4 is 10.6 Å². The number of hydrogen-bond donors (Lipinski definition) is 2. The number of hydrogen-bond acceptors (Lipinski definition) is 5. The molecule has 0 aliphatic carbocycles. The average molecular weight is 456 g/mol. The third kappa shape index (κ3) is 5.56. The molecule has 0 saturated heterocycles. The highest BCUT2D eigenvalue weighted by Gasteiger charge is 2.12. The number of nitrogens with zero attached hydrogens (tertiary/aromatic N) is 3. The van der Waals surface area contributed by atoms with Crippen LogP contribution >= 0.6 is 15.9 Å². The van der Waals surface area contributed by atoms with Crippen LogP contribution in [-0.2, 0) is 17.8 Å². The highest BCUT2D eigenvalue weighted by molar-refractivity contribution is 9.10. The molecule has 2 amide bonds. The third-order valence-electron chi connectivity index (χ3n) is 3.98. The zero-order valence-corrected chi connectivity index (χ0v) is 17.2. The summed E-state index contributed by atoms with van der Waals surface area (Å²) in [6.07, 6.45) is 0.480. The summed E-state index contributed by atoms with van der Waals surface area (Å²) >= 11 is 3.16. The Morgan fingerprint density at radius 1 is 1.21 bits per heavy atom. The van der Waals surface area contributed by atoms with E-state index in [0.717, 1.165) is 11.3 Å². The van der Waals surface area contributed by atoms with Gasteiger partial charge in [0.05, 0.1) is 31.1 Å². The lowest BCUT2D eigenvalue weighted by Gasteiger charge is -2.08. The van der Waals surface area contributed by atoms with Gasteiger partial charge in [-0.2, -0.15) is 10.4 Å². The molecule has 0 fully saturated rings. The Labute approximate surface area is 175 Å². The van der Waals surface area contributed by atoms with Gasteiger partial charge in [-0.25, -0.2) is 4.68 Å². The first-order valence-corrected chi connectivity index (χ1v) is 9.61. The fourth-order valence-electron chi connectivity index (χ4n) is 2.68. The molecule has 3 rings (SSSR count). The van der Waals surface area contributed by atoms with Gasteiger partial charge in [0.2, 0.25) is 5.91 Å². The lowest BCUT2D eigenvalue weighted by molar-refractivity contribution is -0.115. The van der Waals surface area contributed by atoms with Crippen molar-refractivity contribution >= 4 is 39.2 Å². The van der Waals surface area contributed by atoms with Gasteiger partial charge < -0.3 is 15.1 Å². The van der Waals surface area contributed by atoms with E-state index in [0.29, 0.717) is 29.1 Å². The SMILES string of the molecule is Cc1cc(NC(=O)Cc2ccc(NC(=O)c3ccc(Br)o3)cc2)n(CCC#N)n1. The quantitative estimate of drug-likeness (QED) is 0.560. The monoisotopic (exact) mass is 455 g/mol. The van der Waals surface area contributed by atoms with Crippen LogP contribution in [0.5, 0.6) is 0 Å². The van der Waals surface area contributed by atoms with E-state index in [9.17, 15) is 9.59 Å². The second kappa shape index (κ2) is 9.21. The molecule has 9 heteroatoms. The number of nitriles is 1. The normalized spacial score (nSPS) is 10.4. The third-order valence-corrected chi connectivity index (χ3v) is 4.40. The molecule has 0 atom stereocenters. The Morgan fingerprint density at radius 2 is 1.97 bits per heavy atom. The smallest absolute Gasteiger partial charge is 0.291 e. The van der Waals surface area contributed by atoms with Crippen molar-refractivity contribution in [3.8, 4) is 6.07 Å². The molecule has 0 unspecified atom stereocenters. The number of nitrogens with one attached hydrogen (secondary N) is 2. The second-order valence-electron chi connectivity index (χ2n) is 6.28. The van der Waals surface area contributed by atoms with Gasteiger partial charge in [0, 0.05) is 11.8 Å². The van der Waals surface area contributed by atoms with E-state index >= 15 is 0 Å². The Kier molecular flexibility index (Phi) is 6.46. The van der Waals surface area contributed by atoms with Gasteiger partial charge in [-0.3, -0.25) is 9.59 Å². The highest BCUT2D eigenvalue weighted by atomic mass is 79.9. The van der Waals surface area contributed by atoms with Crippen molar-refractivity contribution in [2.75, 3.05) is 10.6 Å². The van der Waals surface area contributed by atoms with Crippen molar-refractivity contribution < 1.29 is 14.0 Å². The molecule has 29 heavy (non-hydrogen) atoms. The van der Waals surface area contributed by atoms with E-state index in [1.54, 1.807) is 47.1 Å². The molecule has 0 bridgehead atoms. The van der Waals surface area contributed by atoms with Crippen molar-refractivity contribution in [3.63, 3.8) is 0 Å². The topological polar surface area (TPSA) is 113 Å². The van der Waals surface area contributed by atoms with Crippen LogP contribution in [0.1, 0.15) is 28.2 Å². The van der Waals surface area contributed by atoms with Gasteiger partial charge in [-0.05, 0) is 52.7 Å². The zero-order valence-electron chi connectivity index (χ0n) is 15.6. The molecule has 0 aliphatic heterocycles. The van der Waals surface area contributed by atoms with Crippen LogP contribution in [0.2, 0.25) is 0 Å². The standard InChI is InChI=1S/C20H18BrN5O3/c1-13-11-18(26(25-13)10-2-9-22)24-19(27)12-14-3-5-15(6-4-14)23-20(28)16-7-8-17(21)29-16/h3-8,11H,2,10,12H2,1H3,(H,23,28)(H,24,27). The summed E-state index contributed by atoms with van der Waals surface area (Å²) in [6.45, 7) is 2.24. The summed E-state index contributed by atoms with van der Waals surface area (Å²) in [5.41, 5.74) is 2.15. The Balaban J connectivity index is 1.57. The molecule has 0 spiro atoms. The summed E-state index contributed by atoms with van der Waals surface area (Å²) in [7, 11) is 0. The summed E-state index contributed by atoms with van der Waals surface area (Å²) < 4.78 is 7.31. The van der Waals surface area contributed by atoms with E-state index in [1.807, 2.05) is 6.92 Å². The number of rotatable bonds is 7. The summed E-state index contributed by atoms with van der Waals surface area (Å²) in [5, 5.41) is 18.6. The lowest BCUT2D eigenvalue weighted by atomic mass is 10.1. The first-order chi connectivity index (χ1) is 13.9. The number of furan rings is 1. The van der Waals surface area contributed by atoms with E-state index in [-0.39, 0.29) is 24.0 Å². The van der Waals surface area contributed by atoms with Gasteiger partial charge in [0.1, 0.15) is 5.82 Å². The van der Waals surface area contributed by atoms with Gasteiger partial charge in [0.25, 0.3) is 5.91 Å². The fraction of sp³-hybridized carbons (Fsp3) is 0.200. The molecule has 2 N–H and O–H groups in total. The van der Waals surface area contributed by atoms with Gasteiger partial charge >= 0.3 is 0 Å². The fourth-order valence-corrected chi connectivity index (χ4v) is 2.99. The van der Waals surface area contributed by atoms with E-state index in [1.165, 1.54) is 0 Å². The number of amides is 2. The minimum absolute atomic E-state index is 0.168. The molecule has 3 aromatic rings. The minimum Gasteiger partial charge on any atom is -0.444 e. The van der Waals surface area contributed by atoms with Crippen LogP contribution in [0, 0.1) is 18.3 Å². The van der Waals surface area contributed by atoms with Gasteiger partial charge in [-0.1, -0.05) is 12.1 Å². The molecule has 2 heterocycles. The summed E-state index contributed by atoms with van der Waals surface area (Å²) in [4.78, 5) is 24.4. The molecule has 0 aliphatic rings. The maximum absolute atomic E-state index is 12.4. The number of aromatic nitrogens is 2. The van der Waals surface area contributed by atoms with Gasteiger partial charge in [-0.15, -0.1) is 0 Å². The predicted octanol–water partition coefficient (Wildman–Crippen LogP) is 3.89. The number of benzene rings is 1.